The molecule has 0 saturated heterocycles. The van der Waals surface area contributed by atoms with Crippen molar-refractivity contribution >= 4 is 49.4 Å². The molecule has 0 atom stereocenters. The first-order valence-electron chi connectivity index (χ1n) is 3.33. The first-order valence-corrected chi connectivity index (χ1v) is 5.21. The number of aromatic nitrogens is 2. The molecule has 0 N–H and O–H groups in total. The first kappa shape index (κ1) is 8.37. The normalized spacial score (nSPS) is 10.5. The molecular weight excluding hydrogens is 331 g/mol. The standard InChI is InChI=1S/C8H4BrIN2/c9-6-2-1-5-4-11-8(10)12-7(5)3-6/h1-4H. The van der Waals surface area contributed by atoms with Gasteiger partial charge in [-0.05, 0) is 12.1 Å². The van der Waals surface area contributed by atoms with Crippen molar-refractivity contribution in [3.8, 4) is 0 Å². The van der Waals surface area contributed by atoms with E-state index < -0.39 is 0 Å². The maximum absolute atomic E-state index is 4.28. The fraction of sp³-hybridized carbons (Fsp3) is 0. The second kappa shape index (κ2) is 3.26. The highest BCUT2D eigenvalue weighted by molar-refractivity contribution is 14.1. The van der Waals surface area contributed by atoms with E-state index in [1.165, 1.54) is 0 Å². The Morgan fingerprint density at radius 1 is 1.33 bits per heavy atom. The van der Waals surface area contributed by atoms with Crippen molar-refractivity contribution in [3.05, 3.63) is 32.7 Å². The lowest BCUT2D eigenvalue weighted by molar-refractivity contribution is 1.15. The van der Waals surface area contributed by atoms with Crippen LogP contribution in [0.15, 0.2) is 28.9 Å². The lowest BCUT2D eigenvalue weighted by atomic mass is 10.2. The maximum Gasteiger partial charge on any atom is 0.191 e. The first-order chi connectivity index (χ1) is 5.75. The molecule has 0 radical (unpaired) electrons. The van der Waals surface area contributed by atoms with Crippen LogP contribution in [0, 0.1) is 3.83 Å². The van der Waals surface area contributed by atoms with Crippen LogP contribution in [0.3, 0.4) is 0 Å². The van der Waals surface area contributed by atoms with E-state index in [4.69, 9.17) is 0 Å². The smallest absolute Gasteiger partial charge is 0.191 e. The van der Waals surface area contributed by atoms with Crippen LogP contribution in [0.1, 0.15) is 0 Å². The van der Waals surface area contributed by atoms with Crippen LogP contribution in [0.2, 0.25) is 0 Å². The van der Waals surface area contributed by atoms with Gasteiger partial charge in [-0.2, -0.15) is 0 Å². The minimum atomic E-state index is 0.776. The Labute approximate surface area is 91.7 Å². The highest BCUT2D eigenvalue weighted by Crippen LogP contribution is 2.17. The molecule has 0 saturated carbocycles. The van der Waals surface area contributed by atoms with Gasteiger partial charge in [-0.15, -0.1) is 0 Å². The van der Waals surface area contributed by atoms with Crippen LogP contribution in [-0.4, -0.2) is 9.97 Å². The Kier molecular flexibility index (Phi) is 2.27. The Morgan fingerprint density at radius 2 is 2.17 bits per heavy atom. The summed E-state index contributed by atoms with van der Waals surface area (Å²) < 4.78 is 1.82. The molecule has 1 aromatic heterocycles. The molecule has 0 aliphatic rings. The molecule has 1 heterocycles. The lowest BCUT2D eigenvalue weighted by Gasteiger charge is -1.96. The third-order valence-electron chi connectivity index (χ3n) is 1.52. The minimum absolute atomic E-state index is 0.776. The van der Waals surface area contributed by atoms with Crippen molar-refractivity contribution in [1.29, 1.82) is 0 Å². The molecule has 12 heavy (non-hydrogen) atoms. The van der Waals surface area contributed by atoms with Gasteiger partial charge in [-0.1, -0.05) is 22.0 Å². The van der Waals surface area contributed by atoms with Gasteiger partial charge in [0, 0.05) is 38.6 Å². The van der Waals surface area contributed by atoms with Crippen molar-refractivity contribution < 1.29 is 0 Å². The Hall–Kier alpha value is -0.230. The third-order valence-corrected chi connectivity index (χ3v) is 2.53. The molecule has 0 aliphatic heterocycles. The van der Waals surface area contributed by atoms with Gasteiger partial charge in [0.25, 0.3) is 0 Å². The van der Waals surface area contributed by atoms with E-state index in [1.807, 2.05) is 24.4 Å². The number of benzene rings is 1. The zero-order valence-electron chi connectivity index (χ0n) is 5.96. The zero-order chi connectivity index (χ0) is 8.55. The fourth-order valence-electron chi connectivity index (χ4n) is 0.974. The number of nitrogens with zero attached hydrogens (tertiary/aromatic N) is 2. The van der Waals surface area contributed by atoms with Gasteiger partial charge in [-0.3, -0.25) is 0 Å². The van der Waals surface area contributed by atoms with Crippen LogP contribution < -0.4 is 0 Å². The van der Waals surface area contributed by atoms with E-state index in [1.54, 1.807) is 0 Å². The van der Waals surface area contributed by atoms with Gasteiger partial charge in [0.05, 0.1) is 5.52 Å². The molecule has 0 fully saturated rings. The van der Waals surface area contributed by atoms with Gasteiger partial charge < -0.3 is 0 Å². The summed E-state index contributed by atoms with van der Waals surface area (Å²) in [5.41, 5.74) is 0.976. The van der Waals surface area contributed by atoms with Gasteiger partial charge in [0.15, 0.2) is 3.83 Å². The van der Waals surface area contributed by atoms with Gasteiger partial charge >= 0.3 is 0 Å². The van der Waals surface area contributed by atoms with Crippen LogP contribution in [0.5, 0.6) is 0 Å². The van der Waals surface area contributed by atoms with Crippen LogP contribution >= 0.6 is 38.5 Å². The van der Waals surface area contributed by atoms with Gasteiger partial charge in [0.2, 0.25) is 0 Å². The quantitative estimate of drug-likeness (QED) is 0.547. The molecule has 0 spiro atoms. The summed E-state index contributed by atoms with van der Waals surface area (Å²) in [6.07, 6.45) is 1.83. The summed E-state index contributed by atoms with van der Waals surface area (Å²) in [7, 11) is 0. The Balaban J connectivity index is 2.80. The van der Waals surface area contributed by atoms with E-state index >= 15 is 0 Å². The average molecular weight is 335 g/mol. The van der Waals surface area contributed by atoms with Crippen molar-refractivity contribution in [3.63, 3.8) is 0 Å². The van der Waals surface area contributed by atoms with Gasteiger partial charge in [0.1, 0.15) is 0 Å². The minimum Gasteiger partial charge on any atom is -0.231 e. The molecule has 2 rings (SSSR count). The van der Waals surface area contributed by atoms with Crippen molar-refractivity contribution in [2.24, 2.45) is 0 Å². The molecule has 0 aliphatic carbocycles. The van der Waals surface area contributed by atoms with Crippen LogP contribution in [-0.2, 0) is 0 Å². The van der Waals surface area contributed by atoms with E-state index in [2.05, 4.69) is 48.5 Å². The number of hydrogen-bond acceptors (Lipinski definition) is 2. The fourth-order valence-corrected chi connectivity index (χ4v) is 1.72. The summed E-state index contributed by atoms with van der Waals surface area (Å²) in [5.74, 6) is 0. The molecule has 4 heteroatoms. The molecular formula is C8H4BrIN2. The topological polar surface area (TPSA) is 25.8 Å². The van der Waals surface area contributed by atoms with Crippen LogP contribution in [0.25, 0.3) is 10.9 Å². The van der Waals surface area contributed by atoms with E-state index in [-0.39, 0.29) is 0 Å². The van der Waals surface area contributed by atoms with E-state index in [9.17, 15) is 0 Å². The molecule has 60 valence electrons. The number of hydrogen-bond donors (Lipinski definition) is 0. The second-order valence-electron chi connectivity index (χ2n) is 2.34. The molecule has 1 aromatic carbocycles. The summed E-state index contributed by atoms with van der Waals surface area (Å²) in [5, 5.41) is 1.07. The number of fused-ring (bicyclic) bond motifs is 1. The SMILES string of the molecule is Brc1ccc2cnc(I)nc2c1. The third kappa shape index (κ3) is 1.59. The number of rotatable bonds is 0. The molecule has 2 nitrogen and oxygen atoms in total. The van der Waals surface area contributed by atoms with Crippen molar-refractivity contribution in [2.45, 2.75) is 0 Å². The predicted octanol–water partition coefficient (Wildman–Crippen LogP) is 3.00. The predicted molar refractivity (Wildman–Crippen MR) is 60.0 cm³/mol. The average Bonchev–Trinajstić information content (AvgIpc) is 2.03. The highest BCUT2D eigenvalue weighted by atomic mass is 127. The second-order valence-corrected chi connectivity index (χ2v) is 4.22. The summed E-state index contributed by atoms with van der Waals surface area (Å²) in [6, 6.07) is 5.97. The summed E-state index contributed by atoms with van der Waals surface area (Å²) in [4.78, 5) is 8.38. The summed E-state index contributed by atoms with van der Waals surface area (Å²) >= 11 is 5.50. The largest absolute Gasteiger partial charge is 0.231 e. The lowest BCUT2D eigenvalue weighted by Crippen LogP contribution is -1.86. The van der Waals surface area contributed by atoms with Gasteiger partial charge in [-0.25, -0.2) is 9.97 Å². The van der Waals surface area contributed by atoms with E-state index in [0.29, 0.717) is 0 Å². The zero-order valence-corrected chi connectivity index (χ0v) is 9.70. The summed E-state index contributed by atoms with van der Waals surface area (Å²) in [6.45, 7) is 0. The van der Waals surface area contributed by atoms with Crippen molar-refractivity contribution in [2.75, 3.05) is 0 Å². The van der Waals surface area contributed by atoms with Crippen LogP contribution in [0.4, 0.5) is 0 Å². The monoisotopic (exact) mass is 334 g/mol. The van der Waals surface area contributed by atoms with Crippen molar-refractivity contribution in [1.82, 2.24) is 9.97 Å². The maximum atomic E-state index is 4.28. The Bertz CT molecular complexity index is 394. The molecule has 0 amide bonds. The number of halogens is 2. The molecule has 0 unspecified atom stereocenters. The Morgan fingerprint density at radius 3 is 3.00 bits per heavy atom. The highest BCUT2D eigenvalue weighted by Gasteiger charge is 1.96. The molecule has 2 aromatic rings. The molecule has 0 bridgehead atoms. The van der Waals surface area contributed by atoms with E-state index in [0.717, 1.165) is 19.2 Å².